The lowest BCUT2D eigenvalue weighted by Gasteiger charge is -2.33. The number of anilines is 1. The molecule has 0 aromatic heterocycles. The normalized spacial score (nSPS) is 12.0. The number of rotatable bonds is 10. The van der Waals surface area contributed by atoms with Gasteiger partial charge >= 0.3 is 0 Å². The summed E-state index contributed by atoms with van der Waals surface area (Å²) in [5, 5.41) is 3.14. The average Bonchev–Trinajstić information content (AvgIpc) is 2.86. The van der Waals surface area contributed by atoms with E-state index in [1.54, 1.807) is 36.4 Å². The van der Waals surface area contributed by atoms with Crippen LogP contribution in [-0.4, -0.2) is 51.0 Å². The van der Waals surface area contributed by atoms with Crippen molar-refractivity contribution in [3.05, 3.63) is 99.0 Å². The molecule has 0 aliphatic carbocycles. The number of hydrogen-bond acceptors (Lipinski definition) is 4. The number of halogens is 2. The Balaban J connectivity index is 2.04. The van der Waals surface area contributed by atoms with Gasteiger partial charge in [0.25, 0.3) is 0 Å². The van der Waals surface area contributed by atoms with E-state index in [1.165, 1.54) is 11.9 Å². The molecule has 7 nitrogen and oxygen atoms in total. The zero-order valence-electron chi connectivity index (χ0n) is 20.8. The first-order chi connectivity index (χ1) is 17.5. The Morgan fingerprint density at radius 2 is 1.68 bits per heavy atom. The van der Waals surface area contributed by atoms with Gasteiger partial charge in [-0.2, -0.15) is 0 Å². The Kier molecular flexibility index (Phi) is 9.75. The highest BCUT2D eigenvalue weighted by atomic mass is 79.9. The van der Waals surface area contributed by atoms with E-state index in [1.807, 2.05) is 43.3 Å². The number of aryl methyl sites for hydroxylation is 1. The summed E-state index contributed by atoms with van der Waals surface area (Å²) < 4.78 is 27.5. The van der Waals surface area contributed by atoms with E-state index < -0.39 is 28.5 Å². The van der Waals surface area contributed by atoms with Crippen LogP contribution in [0.3, 0.4) is 0 Å². The summed E-state index contributed by atoms with van der Waals surface area (Å²) in [7, 11) is -2.31. The maximum Gasteiger partial charge on any atom is 0.244 e. The maximum absolute atomic E-state index is 13.9. The number of nitrogens with one attached hydrogen (secondary N) is 1. The van der Waals surface area contributed by atoms with Crippen molar-refractivity contribution in [3.63, 3.8) is 0 Å². The molecular weight excluding hydrogens is 578 g/mol. The number of carbonyl (C=O) groups is 2. The van der Waals surface area contributed by atoms with Crippen LogP contribution in [0.2, 0.25) is 5.02 Å². The molecular formula is C27H29BrClN3O4S. The van der Waals surface area contributed by atoms with E-state index in [9.17, 15) is 18.0 Å². The third-order valence-corrected chi connectivity index (χ3v) is 8.13. The minimum absolute atomic E-state index is 0.0707. The van der Waals surface area contributed by atoms with Gasteiger partial charge in [0.05, 0.1) is 11.9 Å². The first-order valence-electron chi connectivity index (χ1n) is 11.5. The van der Waals surface area contributed by atoms with Crippen LogP contribution in [0.4, 0.5) is 5.69 Å². The molecule has 0 radical (unpaired) electrons. The molecule has 0 aliphatic rings. The minimum atomic E-state index is -3.82. The summed E-state index contributed by atoms with van der Waals surface area (Å²) in [6.07, 6.45) is 1.31. The van der Waals surface area contributed by atoms with Crippen LogP contribution in [0.15, 0.2) is 77.3 Å². The van der Waals surface area contributed by atoms with E-state index in [2.05, 4.69) is 21.2 Å². The highest BCUT2D eigenvalue weighted by Crippen LogP contribution is 2.25. The van der Waals surface area contributed by atoms with Crippen molar-refractivity contribution in [2.24, 2.45) is 0 Å². The van der Waals surface area contributed by atoms with Crippen LogP contribution in [0.25, 0.3) is 0 Å². The van der Waals surface area contributed by atoms with Gasteiger partial charge in [-0.3, -0.25) is 13.9 Å². The molecule has 196 valence electrons. The fraction of sp³-hybridized carbons (Fsp3) is 0.259. The Bertz CT molecular complexity index is 1370. The van der Waals surface area contributed by atoms with E-state index in [0.29, 0.717) is 16.3 Å². The molecule has 0 aliphatic heterocycles. The monoisotopic (exact) mass is 605 g/mol. The molecule has 37 heavy (non-hydrogen) atoms. The molecule has 3 aromatic rings. The second-order valence-corrected chi connectivity index (χ2v) is 11.9. The molecule has 0 saturated carbocycles. The summed E-state index contributed by atoms with van der Waals surface area (Å²) >= 11 is 9.61. The van der Waals surface area contributed by atoms with Gasteiger partial charge < -0.3 is 10.2 Å². The number of likely N-dealkylation sites (N-methyl/N-ethyl adjacent to an activating group) is 1. The lowest BCUT2D eigenvalue weighted by molar-refractivity contribution is -0.139. The Hall–Kier alpha value is -2.88. The van der Waals surface area contributed by atoms with Crippen molar-refractivity contribution >= 4 is 55.1 Å². The molecule has 3 rings (SSSR count). The molecule has 1 atom stereocenters. The number of nitrogens with zero attached hydrogens (tertiary/aromatic N) is 2. The molecule has 1 unspecified atom stereocenters. The van der Waals surface area contributed by atoms with Crippen molar-refractivity contribution in [3.8, 4) is 0 Å². The predicted octanol–water partition coefficient (Wildman–Crippen LogP) is 4.56. The van der Waals surface area contributed by atoms with Crippen LogP contribution < -0.4 is 9.62 Å². The Morgan fingerprint density at radius 3 is 2.27 bits per heavy atom. The molecule has 1 N–H and O–H groups in total. The van der Waals surface area contributed by atoms with Gasteiger partial charge in [-0.25, -0.2) is 8.42 Å². The standard InChI is InChI=1S/C27H29BrClN3O4S/c1-19-14-23(12-13-24(19)28)32(37(3,35)36)18-26(33)31(17-21-10-7-11-22(29)15-21)25(27(34)30-2)16-20-8-5-4-6-9-20/h4-15,25H,16-18H2,1-3H3,(H,30,34). The topological polar surface area (TPSA) is 86.8 Å². The maximum atomic E-state index is 13.9. The first-order valence-corrected chi connectivity index (χ1v) is 14.5. The summed E-state index contributed by atoms with van der Waals surface area (Å²) in [5.41, 5.74) is 2.76. The summed E-state index contributed by atoms with van der Waals surface area (Å²) in [6.45, 7) is 1.44. The second kappa shape index (κ2) is 12.6. The SMILES string of the molecule is CNC(=O)C(Cc1ccccc1)N(Cc1cccc(Cl)c1)C(=O)CN(c1ccc(Br)c(C)c1)S(C)(=O)=O. The molecule has 3 aromatic carbocycles. The average molecular weight is 607 g/mol. The second-order valence-electron chi connectivity index (χ2n) is 8.67. The summed E-state index contributed by atoms with van der Waals surface area (Å²) in [4.78, 5) is 28.4. The Labute approximate surface area is 231 Å². The van der Waals surface area contributed by atoms with Crippen LogP contribution >= 0.6 is 27.5 Å². The minimum Gasteiger partial charge on any atom is -0.357 e. The van der Waals surface area contributed by atoms with Crippen molar-refractivity contribution in [1.29, 1.82) is 0 Å². The van der Waals surface area contributed by atoms with Crippen LogP contribution in [0, 0.1) is 6.92 Å². The van der Waals surface area contributed by atoms with Gasteiger partial charge in [0.2, 0.25) is 21.8 Å². The number of hydrogen-bond donors (Lipinski definition) is 1. The van der Waals surface area contributed by atoms with Crippen molar-refractivity contribution in [1.82, 2.24) is 10.2 Å². The zero-order valence-corrected chi connectivity index (χ0v) is 24.0. The number of benzene rings is 3. The van der Waals surface area contributed by atoms with E-state index in [-0.39, 0.29) is 18.9 Å². The van der Waals surface area contributed by atoms with Crippen molar-refractivity contribution in [2.75, 3.05) is 24.2 Å². The van der Waals surface area contributed by atoms with Gasteiger partial charge in [-0.05, 0) is 53.9 Å². The molecule has 2 amide bonds. The number of amides is 2. The molecule has 10 heteroatoms. The van der Waals surface area contributed by atoms with Gasteiger partial charge in [-0.1, -0.05) is 70.0 Å². The quantitative estimate of drug-likeness (QED) is 0.367. The fourth-order valence-electron chi connectivity index (χ4n) is 3.95. The molecule has 0 spiro atoms. The smallest absolute Gasteiger partial charge is 0.244 e. The Morgan fingerprint density at radius 1 is 1.00 bits per heavy atom. The molecule has 0 fully saturated rings. The van der Waals surface area contributed by atoms with Gasteiger partial charge in [0, 0.05) is 29.5 Å². The number of sulfonamides is 1. The van der Waals surface area contributed by atoms with Gasteiger partial charge in [-0.15, -0.1) is 0 Å². The summed E-state index contributed by atoms with van der Waals surface area (Å²) in [5.74, 6) is -0.875. The highest BCUT2D eigenvalue weighted by molar-refractivity contribution is 9.10. The molecule has 0 saturated heterocycles. The van der Waals surface area contributed by atoms with Crippen LogP contribution in [-0.2, 0) is 32.6 Å². The fourth-order valence-corrected chi connectivity index (χ4v) is 5.25. The van der Waals surface area contributed by atoms with E-state index in [0.717, 1.165) is 26.2 Å². The van der Waals surface area contributed by atoms with Crippen LogP contribution in [0.5, 0.6) is 0 Å². The first kappa shape index (κ1) is 28.7. The van der Waals surface area contributed by atoms with Gasteiger partial charge in [0.1, 0.15) is 12.6 Å². The highest BCUT2D eigenvalue weighted by Gasteiger charge is 2.32. The lowest BCUT2D eigenvalue weighted by atomic mass is 10.0. The largest absolute Gasteiger partial charge is 0.357 e. The third-order valence-electron chi connectivity index (χ3n) is 5.87. The zero-order chi connectivity index (χ0) is 27.2. The molecule has 0 heterocycles. The van der Waals surface area contributed by atoms with Crippen molar-refractivity contribution < 1.29 is 18.0 Å². The number of carbonyl (C=O) groups excluding carboxylic acids is 2. The van der Waals surface area contributed by atoms with Gasteiger partial charge in [0.15, 0.2) is 0 Å². The van der Waals surface area contributed by atoms with Crippen LogP contribution in [0.1, 0.15) is 16.7 Å². The van der Waals surface area contributed by atoms with E-state index >= 15 is 0 Å². The van der Waals surface area contributed by atoms with E-state index in [4.69, 9.17) is 11.6 Å². The lowest BCUT2D eigenvalue weighted by Crippen LogP contribution is -2.52. The predicted molar refractivity (Wildman–Crippen MR) is 151 cm³/mol. The van der Waals surface area contributed by atoms with Crippen molar-refractivity contribution in [2.45, 2.75) is 25.9 Å². The third kappa shape index (κ3) is 7.80. The molecule has 0 bridgehead atoms. The summed E-state index contributed by atoms with van der Waals surface area (Å²) in [6, 6.07) is 20.5.